The van der Waals surface area contributed by atoms with E-state index >= 15 is 0 Å². The van der Waals surface area contributed by atoms with Crippen LogP contribution in [0.15, 0.2) is 35.5 Å². The van der Waals surface area contributed by atoms with Gasteiger partial charge >= 0.3 is 5.97 Å². The van der Waals surface area contributed by atoms with Crippen LogP contribution in [0.2, 0.25) is 0 Å². The highest BCUT2D eigenvalue weighted by Crippen LogP contribution is 2.09. The first-order valence-electron chi connectivity index (χ1n) is 6.10. The topological polar surface area (TPSA) is 59.9 Å². The fraction of sp³-hybridized carbons (Fsp3) is 0.385. The van der Waals surface area contributed by atoms with Crippen molar-refractivity contribution < 1.29 is 13.8 Å². The van der Waals surface area contributed by atoms with Crippen molar-refractivity contribution in [3.05, 3.63) is 35.9 Å². The summed E-state index contributed by atoms with van der Waals surface area (Å²) in [5.41, 5.74) is 1.83. The number of hydrogen-bond donors (Lipinski definition) is 2. The summed E-state index contributed by atoms with van der Waals surface area (Å²) in [6.45, 7) is 0.824. The predicted octanol–water partition coefficient (Wildman–Crippen LogP) is 1.70. The minimum absolute atomic E-state index is 0.227. The lowest BCUT2D eigenvalue weighted by atomic mass is 10.0. The zero-order valence-electron chi connectivity index (χ0n) is 10.4. The van der Waals surface area contributed by atoms with Crippen LogP contribution in [0.3, 0.4) is 0 Å². The molecule has 1 aromatic carbocycles. The van der Waals surface area contributed by atoms with Gasteiger partial charge in [0.2, 0.25) is 0 Å². The molecule has 1 aliphatic rings. The summed E-state index contributed by atoms with van der Waals surface area (Å²) in [7, 11) is 0. The van der Waals surface area contributed by atoms with Crippen LogP contribution in [-0.2, 0) is 20.4 Å². The van der Waals surface area contributed by atoms with Gasteiger partial charge in [-0.2, -0.15) is 0 Å². The molecule has 0 unspecified atom stereocenters. The van der Waals surface area contributed by atoms with Crippen LogP contribution >= 0.6 is 12.9 Å². The fourth-order valence-corrected chi connectivity index (χ4v) is 2.02. The van der Waals surface area contributed by atoms with Gasteiger partial charge in [0.25, 0.3) is 0 Å². The lowest BCUT2D eigenvalue weighted by Gasteiger charge is -2.22. The van der Waals surface area contributed by atoms with Crippen molar-refractivity contribution in [3.63, 3.8) is 0 Å². The lowest BCUT2D eigenvalue weighted by Crippen LogP contribution is -2.45. The van der Waals surface area contributed by atoms with E-state index in [1.807, 2.05) is 30.3 Å². The third kappa shape index (κ3) is 4.25. The van der Waals surface area contributed by atoms with Gasteiger partial charge in [0.1, 0.15) is 12.6 Å². The number of benzene rings is 1. The van der Waals surface area contributed by atoms with E-state index in [0.717, 1.165) is 11.3 Å². The number of carbonyl (C=O) groups is 1. The fourth-order valence-electron chi connectivity index (χ4n) is 1.91. The smallest absolute Gasteiger partial charge is 0.323 e. The zero-order chi connectivity index (χ0) is 13.5. The summed E-state index contributed by atoms with van der Waals surface area (Å²) in [5.74, 6) is -0.227. The minimum Gasteiger partial charge on any atom is -0.460 e. The number of thiol groups is 1. The van der Waals surface area contributed by atoms with Gasteiger partial charge in [-0.05, 0) is 18.4 Å². The van der Waals surface area contributed by atoms with E-state index in [0.29, 0.717) is 26.0 Å². The first-order valence-corrected chi connectivity index (χ1v) is 6.46. The van der Waals surface area contributed by atoms with Gasteiger partial charge in [0, 0.05) is 6.54 Å². The van der Waals surface area contributed by atoms with Gasteiger partial charge in [-0.15, -0.1) is 0 Å². The summed E-state index contributed by atoms with van der Waals surface area (Å²) < 4.78 is 9.68. The third-order valence-corrected chi connectivity index (χ3v) is 3.03. The average molecular weight is 280 g/mol. The van der Waals surface area contributed by atoms with E-state index in [1.165, 1.54) is 0 Å². The van der Waals surface area contributed by atoms with Crippen molar-refractivity contribution in [3.8, 4) is 0 Å². The van der Waals surface area contributed by atoms with E-state index in [4.69, 9.17) is 4.74 Å². The second-order valence-corrected chi connectivity index (χ2v) is 4.47. The first-order chi connectivity index (χ1) is 9.29. The SMILES string of the molecule is O=C(OCc1ccccc1)[C@@H]1CCC(=NOS)CN1. The van der Waals surface area contributed by atoms with Crippen molar-refractivity contribution in [1.29, 1.82) is 0 Å². The summed E-state index contributed by atoms with van der Waals surface area (Å²) >= 11 is 3.56. The van der Waals surface area contributed by atoms with E-state index in [1.54, 1.807) is 0 Å². The molecule has 2 rings (SSSR count). The standard InChI is InChI=1S/C13H16N2O3S/c16-13(17-9-10-4-2-1-3-5-10)12-7-6-11(8-14-12)15-18-19/h1-5,12,14,19H,6-9H2/t12-/m0/s1. The number of ether oxygens (including phenoxy) is 1. The number of piperidine rings is 1. The van der Waals surface area contributed by atoms with Gasteiger partial charge in [0.15, 0.2) is 0 Å². The molecular formula is C13H16N2O3S. The van der Waals surface area contributed by atoms with Crippen molar-refractivity contribution in [2.75, 3.05) is 6.54 Å². The molecule has 0 bridgehead atoms. The van der Waals surface area contributed by atoms with Crippen LogP contribution in [-0.4, -0.2) is 24.3 Å². The number of nitrogens with zero attached hydrogens (tertiary/aromatic N) is 1. The molecule has 1 fully saturated rings. The highest BCUT2D eigenvalue weighted by atomic mass is 32.1. The Morgan fingerprint density at radius 2 is 2.21 bits per heavy atom. The van der Waals surface area contributed by atoms with Crippen LogP contribution in [0.1, 0.15) is 18.4 Å². The molecule has 1 atom stereocenters. The minimum atomic E-state index is -0.275. The van der Waals surface area contributed by atoms with Crippen LogP contribution in [0, 0.1) is 0 Å². The van der Waals surface area contributed by atoms with Crippen molar-refractivity contribution >= 4 is 24.6 Å². The Labute approximate surface area is 117 Å². The number of nitrogens with one attached hydrogen (secondary N) is 1. The maximum atomic E-state index is 11.9. The Bertz CT molecular complexity index is 440. The van der Waals surface area contributed by atoms with Gasteiger partial charge in [-0.1, -0.05) is 35.5 Å². The summed E-state index contributed by atoms with van der Waals surface area (Å²) in [5, 5.41) is 6.81. The highest BCUT2D eigenvalue weighted by Gasteiger charge is 2.24. The third-order valence-electron chi connectivity index (χ3n) is 2.95. The molecule has 1 aliphatic heterocycles. The van der Waals surface area contributed by atoms with E-state index in [2.05, 4.69) is 27.7 Å². The van der Waals surface area contributed by atoms with E-state index in [9.17, 15) is 4.79 Å². The van der Waals surface area contributed by atoms with E-state index in [-0.39, 0.29) is 12.0 Å². The van der Waals surface area contributed by atoms with Crippen LogP contribution in [0.25, 0.3) is 0 Å². The second-order valence-electron chi connectivity index (χ2n) is 4.30. The van der Waals surface area contributed by atoms with Crippen LogP contribution in [0.4, 0.5) is 0 Å². The lowest BCUT2D eigenvalue weighted by molar-refractivity contribution is -0.147. The highest BCUT2D eigenvalue weighted by molar-refractivity contribution is 7.75. The zero-order valence-corrected chi connectivity index (χ0v) is 11.3. The average Bonchev–Trinajstić information content (AvgIpc) is 2.47. The molecule has 1 saturated heterocycles. The molecule has 0 radical (unpaired) electrons. The van der Waals surface area contributed by atoms with Crippen LogP contribution < -0.4 is 5.32 Å². The molecule has 0 saturated carbocycles. The Morgan fingerprint density at radius 3 is 2.84 bits per heavy atom. The number of esters is 1. The largest absolute Gasteiger partial charge is 0.460 e. The van der Waals surface area contributed by atoms with Crippen molar-refractivity contribution in [2.45, 2.75) is 25.5 Å². The van der Waals surface area contributed by atoms with Crippen LogP contribution in [0.5, 0.6) is 0 Å². The molecule has 102 valence electrons. The Kier molecular flexibility index (Phi) is 5.23. The molecular weight excluding hydrogens is 264 g/mol. The van der Waals surface area contributed by atoms with Gasteiger partial charge < -0.3 is 9.02 Å². The molecule has 5 nitrogen and oxygen atoms in total. The number of oxime groups is 1. The second kappa shape index (κ2) is 7.16. The quantitative estimate of drug-likeness (QED) is 0.381. The molecule has 1 heterocycles. The molecule has 19 heavy (non-hydrogen) atoms. The number of hydrogen-bond acceptors (Lipinski definition) is 6. The maximum absolute atomic E-state index is 11.9. The predicted molar refractivity (Wildman–Crippen MR) is 74.8 cm³/mol. The normalized spacial score (nSPS) is 21.1. The van der Waals surface area contributed by atoms with E-state index < -0.39 is 0 Å². The van der Waals surface area contributed by atoms with Gasteiger partial charge in [-0.25, -0.2) is 0 Å². The van der Waals surface area contributed by atoms with Crippen molar-refractivity contribution in [1.82, 2.24) is 5.32 Å². The van der Waals surface area contributed by atoms with Crippen molar-refractivity contribution in [2.24, 2.45) is 5.16 Å². The molecule has 1 N–H and O–H groups in total. The molecule has 1 aromatic rings. The molecule has 0 aromatic heterocycles. The first kappa shape index (κ1) is 13.9. The summed E-state index contributed by atoms with van der Waals surface area (Å²) in [6.07, 6.45) is 1.36. The Balaban J connectivity index is 1.77. The summed E-state index contributed by atoms with van der Waals surface area (Å²) in [6, 6.07) is 9.35. The maximum Gasteiger partial charge on any atom is 0.323 e. The molecule has 0 amide bonds. The summed E-state index contributed by atoms with van der Waals surface area (Å²) in [4.78, 5) is 11.9. The monoisotopic (exact) mass is 280 g/mol. The van der Waals surface area contributed by atoms with Gasteiger partial charge in [0.05, 0.1) is 18.6 Å². The molecule has 0 spiro atoms. The Hall–Kier alpha value is -1.53. The number of rotatable bonds is 4. The number of carbonyl (C=O) groups excluding carboxylic acids is 1. The molecule has 6 heteroatoms. The Morgan fingerprint density at radius 1 is 1.42 bits per heavy atom. The molecule has 0 aliphatic carbocycles. The van der Waals surface area contributed by atoms with Gasteiger partial charge in [-0.3, -0.25) is 10.1 Å².